The molecule has 0 N–H and O–H groups in total. The van der Waals surface area contributed by atoms with E-state index in [9.17, 15) is 8.42 Å². The summed E-state index contributed by atoms with van der Waals surface area (Å²) in [5.74, 6) is 0.292. The van der Waals surface area contributed by atoms with E-state index in [0.29, 0.717) is 5.75 Å². The summed E-state index contributed by atoms with van der Waals surface area (Å²) in [6, 6.07) is 0. The second kappa shape index (κ2) is 5.54. The third-order valence-corrected chi connectivity index (χ3v) is 3.73. The van der Waals surface area contributed by atoms with E-state index in [2.05, 4.69) is 6.92 Å². The van der Waals surface area contributed by atoms with Crippen LogP contribution < -0.4 is 0 Å². The highest BCUT2D eigenvalue weighted by atomic mass is 32.2. The molecule has 0 unspecified atom stereocenters. The van der Waals surface area contributed by atoms with Gasteiger partial charge in [0.05, 0.1) is 5.75 Å². The number of rotatable bonds is 6. The molecule has 12 heavy (non-hydrogen) atoms. The maximum atomic E-state index is 11.2. The number of sulfonamides is 1. The van der Waals surface area contributed by atoms with Crippen molar-refractivity contribution in [2.75, 3.05) is 19.8 Å². The molecule has 0 bridgehead atoms. The molecule has 74 valence electrons. The van der Waals surface area contributed by atoms with Crippen LogP contribution in [-0.2, 0) is 10.0 Å². The number of nitrogens with zero attached hydrogens (tertiary/aromatic N) is 1. The summed E-state index contributed by atoms with van der Waals surface area (Å²) >= 11 is 0. The third kappa shape index (κ3) is 4.72. The zero-order chi connectivity index (χ0) is 9.61. The molecular weight excluding hydrogens is 174 g/mol. The van der Waals surface area contributed by atoms with Crippen LogP contribution >= 0.6 is 0 Å². The van der Waals surface area contributed by atoms with Crippen molar-refractivity contribution < 1.29 is 8.42 Å². The summed E-state index contributed by atoms with van der Waals surface area (Å²) in [4.78, 5) is 0. The van der Waals surface area contributed by atoms with E-state index in [-0.39, 0.29) is 0 Å². The molecule has 0 aromatic carbocycles. The minimum absolute atomic E-state index is 0.292. The van der Waals surface area contributed by atoms with Gasteiger partial charge >= 0.3 is 0 Å². The van der Waals surface area contributed by atoms with Gasteiger partial charge in [-0.1, -0.05) is 26.2 Å². The van der Waals surface area contributed by atoms with Crippen molar-refractivity contribution in [1.82, 2.24) is 4.31 Å². The molecule has 0 spiro atoms. The molecule has 0 radical (unpaired) electrons. The molecule has 0 saturated heterocycles. The summed E-state index contributed by atoms with van der Waals surface area (Å²) in [7, 11) is 0.212. The normalized spacial score (nSPS) is 12.3. The van der Waals surface area contributed by atoms with Gasteiger partial charge in [0.1, 0.15) is 0 Å². The van der Waals surface area contributed by atoms with Gasteiger partial charge in [0.25, 0.3) is 0 Å². The molecule has 0 aliphatic heterocycles. The summed E-state index contributed by atoms with van der Waals surface area (Å²) < 4.78 is 23.7. The highest BCUT2D eigenvalue weighted by Crippen LogP contribution is 2.03. The molecule has 3 nitrogen and oxygen atoms in total. The van der Waals surface area contributed by atoms with Crippen molar-refractivity contribution in [2.24, 2.45) is 0 Å². The van der Waals surface area contributed by atoms with Gasteiger partial charge in [-0.05, 0) is 6.42 Å². The fraction of sp³-hybridized carbons (Fsp3) is 1.00. The number of unbranched alkanes of at least 4 members (excludes halogenated alkanes) is 3. The molecule has 0 aromatic rings. The zero-order valence-electron chi connectivity index (χ0n) is 8.21. The van der Waals surface area contributed by atoms with Crippen molar-refractivity contribution in [3.05, 3.63) is 0 Å². The second-order valence-electron chi connectivity index (χ2n) is 3.16. The third-order valence-electron chi connectivity index (χ3n) is 1.81. The maximum absolute atomic E-state index is 11.2. The predicted molar refractivity (Wildman–Crippen MR) is 51.6 cm³/mol. The standard InChI is InChI=1S/C8H19NO2S/c1-4-5-6-7-8-12(10,11)9(2)3/h4-8H2,1-3H3. The Morgan fingerprint density at radius 3 is 2.08 bits per heavy atom. The fourth-order valence-corrected chi connectivity index (χ4v) is 1.83. The van der Waals surface area contributed by atoms with E-state index in [1.807, 2.05) is 0 Å². The summed E-state index contributed by atoms with van der Waals surface area (Å²) in [6.45, 7) is 2.11. The zero-order valence-corrected chi connectivity index (χ0v) is 9.02. The minimum Gasteiger partial charge on any atom is -0.212 e. The van der Waals surface area contributed by atoms with Crippen LogP contribution in [0.25, 0.3) is 0 Å². The van der Waals surface area contributed by atoms with E-state index in [4.69, 9.17) is 0 Å². The number of hydrogen-bond donors (Lipinski definition) is 0. The van der Waals surface area contributed by atoms with Crippen molar-refractivity contribution in [2.45, 2.75) is 32.6 Å². The molecule has 0 aromatic heterocycles. The van der Waals surface area contributed by atoms with Crippen LogP contribution in [-0.4, -0.2) is 32.6 Å². The van der Waals surface area contributed by atoms with E-state index >= 15 is 0 Å². The average Bonchev–Trinajstić information content (AvgIpc) is 1.98. The summed E-state index contributed by atoms with van der Waals surface area (Å²) in [5, 5.41) is 0. The van der Waals surface area contributed by atoms with Crippen LogP contribution in [0.1, 0.15) is 32.6 Å². The summed E-state index contributed by atoms with van der Waals surface area (Å²) in [5.41, 5.74) is 0. The predicted octanol–water partition coefficient (Wildman–Crippen LogP) is 1.46. The molecule has 0 heterocycles. The van der Waals surface area contributed by atoms with Gasteiger partial charge < -0.3 is 0 Å². The molecule has 0 amide bonds. The van der Waals surface area contributed by atoms with Gasteiger partial charge in [-0.2, -0.15) is 0 Å². The van der Waals surface area contributed by atoms with Crippen LogP contribution in [0.2, 0.25) is 0 Å². The Balaban J connectivity index is 3.63. The maximum Gasteiger partial charge on any atom is 0.213 e. The lowest BCUT2D eigenvalue weighted by Gasteiger charge is -2.10. The van der Waals surface area contributed by atoms with Crippen molar-refractivity contribution in [1.29, 1.82) is 0 Å². The van der Waals surface area contributed by atoms with Crippen LogP contribution in [0, 0.1) is 0 Å². The lowest BCUT2D eigenvalue weighted by atomic mass is 10.2. The Bertz CT molecular complexity index is 197. The lowest BCUT2D eigenvalue weighted by Crippen LogP contribution is -2.24. The first-order chi connectivity index (χ1) is 5.50. The summed E-state index contributed by atoms with van der Waals surface area (Å²) in [6.07, 6.45) is 4.07. The molecule has 4 heteroatoms. The van der Waals surface area contributed by atoms with E-state index in [1.165, 1.54) is 4.31 Å². The Kier molecular flexibility index (Phi) is 5.50. The van der Waals surface area contributed by atoms with Gasteiger partial charge in [0.15, 0.2) is 0 Å². The molecule has 0 saturated carbocycles. The average molecular weight is 193 g/mol. The van der Waals surface area contributed by atoms with E-state index in [0.717, 1.165) is 25.7 Å². The van der Waals surface area contributed by atoms with Crippen molar-refractivity contribution in [3.63, 3.8) is 0 Å². The van der Waals surface area contributed by atoms with Crippen LogP contribution in [0.3, 0.4) is 0 Å². The second-order valence-corrected chi connectivity index (χ2v) is 5.46. The molecule has 0 atom stereocenters. The first kappa shape index (κ1) is 11.9. The van der Waals surface area contributed by atoms with Gasteiger partial charge in [0, 0.05) is 14.1 Å². The van der Waals surface area contributed by atoms with Gasteiger partial charge in [-0.3, -0.25) is 0 Å². The Morgan fingerprint density at radius 1 is 1.08 bits per heavy atom. The fourth-order valence-electron chi connectivity index (χ4n) is 0.894. The Morgan fingerprint density at radius 2 is 1.67 bits per heavy atom. The number of hydrogen-bond acceptors (Lipinski definition) is 2. The highest BCUT2D eigenvalue weighted by molar-refractivity contribution is 7.89. The Labute approximate surface area is 75.8 Å². The van der Waals surface area contributed by atoms with Gasteiger partial charge in [-0.15, -0.1) is 0 Å². The van der Waals surface area contributed by atoms with Crippen LogP contribution in [0.15, 0.2) is 0 Å². The van der Waals surface area contributed by atoms with Crippen LogP contribution in [0.5, 0.6) is 0 Å². The quantitative estimate of drug-likeness (QED) is 0.599. The smallest absolute Gasteiger partial charge is 0.212 e. The van der Waals surface area contributed by atoms with Crippen molar-refractivity contribution >= 4 is 10.0 Å². The van der Waals surface area contributed by atoms with Crippen LogP contribution in [0.4, 0.5) is 0 Å². The SMILES string of the molecule is CCCCCCS(=O)(=O)N(C)C. The molecule has 0 fully saturated rings. The van der Waals surface area contributed by atoms with E-state index < -0.39 is 10.0 Å². The van der Waals surface area contributed by atoms with Gasteiger partial charge in [0.2, 0.25) is 10.0 Å². The van der Waals surface area contributed by atoms with E-state index in [1.54, 1.807) is 14.1 Å². The first-order valence-electron chi connectivity index (χ1n) is 4.41. The van der Waals surface area contributed by atoms with Crippen molar-refractivity contribution in [3.8, 4) is 0 Å². The monoisotopic (exact) mass is 193 g/mol. The molecular formula is C8H19NO2S. The first-order valence-corrected chi connectivity index (χ1v) is 6.02. The molecule has 0 rings (SSSR count). The molecule has 0 aliphatic rings. The highest BCUT2D eigenvalue weighted by Gasteiger charge is 2.11. The lowest BCUT2D eigenvalue weighted by molar-refractivity contribution is 0.516. The van der Waals surface area contributed by atoms with Gasteiger partial charge in [-0.25, -0.2) is 12.7 Å². The topological polar surface area (TPSA) is 37.4 Å². The largest absolute Gasteiger partial charge is 0.213 e. The Hall–Kier alpha value is -0.0900. The minimum atomic E-state index is -2.95. The molecule has 0 aliphatic carbocycles.